The van der Waals surface area contributed by atoms with E-state index >= 15 is 0 Å². The number of allylic oxidation sites excluding steroid dienone is 2. The van der Waals surface area contributed by atoms with Gasteiger partial charge in [-0.3, -0.25) is 9.69 Å². The maximum absolute atomic E-state index is 12.9. The molecule has 0 radical (unpaired) electrons. The van der Waals surface area contributed by atoms with E-state index in [2.05, 4.69) is 47.5 Å². The Hall–Kier alpha value is -1.72. The zero-order chi connectivity index (χ0) is 17.9. The number of carbonyl (C=O) groups excluding carboxylic acids is 1. The van der Waals surface area contributed by atoms with Gasteiger partial charge in [0.05, 0.1) is 21.1 Å². The molecule has 0 aliphatic heterocycles. The van der Waals surface area contributed by atoms with E-state index in [0.29, 0.717) is 0 Å². The second kappa shape index (κ2) is 7.89. The number of likely N-dealkylation sites (N-methyl/N-ethyl adjacent to an activating group) is 1. The van der Waals surface area contributed by atoms with Gasteiger partial charge in [0.1, 0.15) is 0 Å². The van der Waals surface area contributed by atoms with Crippen molar-refractivity contribution in [2.75, 3.05) is 19.6 Å². The number of carbonyl (C=O) groups is 1. The number of amides is 1. The van der Waals surface area contributed by atoms with Gasteiger partial charge in [-0.2, -0.15) is 0 Å². The molecule has 1 N–H and O–H groups in total. The fourth-order valence-corrected chi connectivity index (χ4v) is 5.06. The van der Waals surface area contributed by atoms with Gasteiger partial charge >= 0.3 is 0 Å². The maximum Gasteiger partial charge on any atom is 0.224 e. The molecule has 0 saturated heterocycles. The molecule has 2 atom stereocenters. The van der Waals surface area contributed by atoms with Crippen LogP contribution in [0.25, 0.3) is 10.2 Å². The van der Waals surface area contributed by atoms with Crippen molar-refractivity contribution >= 4 is 27.5 Å². The second-order valence-electron chi connectivity index (χ2n) is 7.33. The predicted molar refractivity (Wildman–Crippen MR) is 108 cm³/mol. The SMILES string of the molecule is CCN(CCNC(=O)C1CC=CCC1c1nc2ccccc2s1)C1CC1. The summed E-state index contributed by atoms with van der Waals surface area (Å²) >= 11 is 1.74. The van der Waals surface area contributed by atoms with Crippen LogP contribution in [0.1, 0.15) is 43.5 Å². The van der Waals surface area contributed by atoms with Crippen LogP contribution in [-0.2, 0) is 4.79 Å². The standard InChI is InChI=1S/C21H27N3OS/c1-2-24(15-11-12-15)14-13-22-20(25)16-7-3-4-8-17(16)21-23-18-9-5-6-10-19(18)26-21/h3-6,9-10,15-17H,2,7-8,11-14H2,1H3,(H,22,25). The molecule has 1 aromatic heterocycles. The maximum atomic E-state index is 12.9. The van der Waals surface area contributed by atoms with Gasteiger partial charge in [-0.05, 0) is 44.4 Å². The quantitative estimate of drug-likeness (QED) is 0.752. The number of para-hydroxylation sites is 1. The summed E-state index contributed by atoms with van der Waals surface area (Å²) in [6.07, 6.45) is 8.69. The molecule has 1 amide bonds. The van der Waals surface area contributed by atoms with E-state index in [0.717, 1.165) is 49.0 Å². The van der Waals surface area contributed by atoms with Gasteiger partial charge in [-0.25, -0.2) is 4.98 Å². The Morgan fingerprint density at radius 2 is 2.08 bits per heavy atom. The minimum Gasteiger partial charge on any atom is -0.355 e. The minimum absolute atomic E-state index is 0.00318. The average Bonchev–Trinajstić information content (AvgIpc) is 3.42. The van der Waals surface area contributed by atoms with Crippen molar-refractivity contribution in [1.82, 2.24) is 15.2 Å². The van der Waals surface area contributed by atoms with Crippen molar-refractivity contribution in [3.63, 3.8) is 0 Å². The first-order valence-corrected chi connectivity index (χ1v) is 10.6. The largest absolute Gasteiger partial charge is 0.355 e. The van der Waals surface area contributed by atoms with Crippen molar-refractivity contribution in [3.8, 4) is 0 Å². The number of nitrogens with one attached hydrogen (secondary N) is 1. The number of nitrogens with zero attached hydrogens (tertiary/aromatic N) is 2. The molecule has 26 heavy (non-hydrogen) atoms. The fraction of sp³-hybridized carbons (Fsp3) is 0.524. The zero-order valence-electron chi connectivity index (χ0n) is 15.4. The summed E-state index contributed by atoms with van der Waals surface area (Å²) < 4.78 is 1.21. The molecule has 1 heterocycles. The number of aromatic nitrogens is 1. The van der Waals surface area contributed by atoms with Crippen molar-refractivity contribution in [2.45, 2.75) is 44.6 Å². The Kier molecular flexibility index (Phi) is 5.36. The average molecular weight is 370 g/mol. The number of fused-ring (bicyclic) bond motifs is 1. The van der Waals surface area contributed by atoms with Gasteiger partial charge < -0.3 is 5.32 Å². The topological polar surface area (TPSA) is 45.2 Å². The monoisotopic (exact) mass is 369 g/mol. The minimum atomic E-state index is -0.00318. The number of thiazole rings is 1. The van der Waals surface area contributed by atoms with E-state index in [4.69, 9.17) is 4.98 Å². The lowest BCUT2D eigenvalue weighted by atomic mass is 9.82. The van der Waals surface area contributed by atoms with Crippen molar-refractivity contribution in [1.29, 1.82) is 0 Å². The van der Waals surface area contributed by atoms with Crippen LogP contribution in [0.5, 0.6) is 0 Å². The molecular formula is C21H27N3OS. The Labute approximate surface area is 159 Å². The lowest BCUT2D eigenvalue weighted by Crippen LogP contribution is -2.40. The van der Waals surface area contributed by atoms with Crippen LogP contribution in [-0.4, -0.2) is 41.5 Å². The summed E-state index contributed by atoms with van der Waals surface area (Å²) in [5.74, 6) is 0.380. The normalized spacial score (nSPS) is 22.8. The molecule has 138 valence electrons. The van der Waals surface area contributed by atoms with Crippen molar-refractivity contribution in [3.05, 3.63) is 41.4 Å². The van der Waals surface area contributed by atoms with E-state index < -0.39 is 0 Å². The van der Waals surface area contributed by atoms with E-state index in [-0.39, 0.29) is 17.7 Å². The van der Waals surface area contributed by atoms with Crippen LogP contribution in [0.15, 0.2) is 36.4 Å². The zero-order valence-corrected chi connectivity index (χ0v) is 16.2. The van der Waals surface area contributed by atoms with E-state index in [9.17, 15) is 4.79 Å². The Balaban J connectivity index is 1.41. The highest BCUT2D eigenvalue weighted by atomic mass is 32.1. The number of rotatable bonds is 7. The van der Waals surface area contributed by atoms with Crippen LogP contribution < -0.4 is 5.32 Å². The van der Waals surface area contributed by atoms with Crippen LogP contribution >= 0.6 is 11.3 Å². The van der Waals surface area contributed by atoms with Gasteiger partial charge in [-0.1, -0.05) is 31.2 Å². The third-order valence-corrected chi connectivity index (χ3v) is 6.73. The van der Waals surface area contributed by atoms with Crippen LogP contribution in [0.3, 0.4) is 0 Å². The molecule has 2 aromatic rings. The third kappa shape index (κ3) is 3.84. The Morgan fingerprint density at radius 3 is 2.85 bits per heavy atom. The summed E-state index contributed by atoms with van der Waals surface area (Å²) in [6.45, 7) is 4.98. The fourth-order valence-electron chi connectivity index (χ4n) is 3.92. The lowest BCUT2D eigenvalue weighted by molar-refractivity contribution is -0.125. The molecule has 0 spiro atoms. The first kappa shape index (κ1) is 17.7. The van der Waals surface area contributed by atoms with E-state index in [1.54, 1.807) is 11.3 Å². The molecule has 5 heteroatoms. The molecule has 2 aliphatic carbocycles. The first-order chi connectivity index (χ1) is 12.8. The highest BCUT2D eigenvalue weighted by molar-refractivity contribution is 7.18. The molecule has 2 aliphatic rings. The highest BCUT2D eigenvalue weighted by Crippen LogP contribution is 2.38. The van der Waals surface area contributed by atoms with Crippen LogP contribution in [0.2, 0.25) is 0 Å². The molecule has 4 nitrogen and oxygen atoms in total. The molecule has 1 aromatic carbocycles. The number of hydrogen-bond acceptors (Lipinski definition) is 4. The van der Waals surface area contributed by atoms with Gasteiger partial charge in [-0.15, -0.1) is 11.3 Å². The van der Waals surface area contributed by atoms with E-state index in [1.807, 2.05) is 6.07 Å². The predicted octanol–water partition coefficient (Wildman–Crippen LogP) is 3.95. The molecular weight excluding hydrogens is 342 g/mol. The highest BCUT2D eigenvalue weighted by Gasteiger charge is 2.32. The summed E-state index contributed by atoms with van der Waals surface area (Å²) in [4.78, 5) is 20.2. The number of hydrogen-bond donors (Lipinski definition) is 1. The lowest BCUT2D eigenvalue weighted by Gasteiger charge is -2.27. The van der Waals surface area contributed by atoms with Gasteiger partial charge in [0.25, 0.3) is 0 Å². The summed E-state index contributed by atoms with van der Waals surface area (Å²) in [7, 11) is 0. The first-order valence-electron chi connectivity index (χ1n) is 9.78. The summed E-state index contributed by atoms with van der Waals surface area (Å²) in [5.41, 5.74) is 1.05. The van der Waals surface area contributed by atoms with Gasteiger partial charge in [0.15, 0.2) is 0 Å². The Bertz CT molecular complexity index is 762. The molecule has 2 unspecified atom stereocenters. The van der Waals surface area contributed by atoms with Gasteiger partial charge in [0.2, 0.25) is 5.91 Å². The van der Waals surface area contributed by atoms with Crippen molar-refractivity contribution < 1.29 is 4.79 Å². The smallest absolute Gasteiger partial charge is 0.224 e. The molecule has 0 bridgehead atoms. The number of benzene rings is 1. The van der Waals surface area contributed by atoms with E-state index in [1.165, 1.54) is 17.5 Å². The van der Waals surface area contributed by atoms with Crippen LogP contribution in [0, 0.1) is 5.92 Å². The molecule has 1 saturated carbocycles. The second-order valence-corrected chi connectivity index (χ2v) is 8.39. The summed E-state index contributed by atoms with van der Waals surface area (Å²) in [6, 6.07) is 9.00. The third-order valence-electron chi connectivity index (χ3n) is 5.56. The summed E-state index contributed by atoms with van der Waals surface area (Å²) in [5, 5.41) is 4.30. The van der Waals surface area contributed by atoms with Crippen LogP contribution in [0.4, 0.5) is 0 Å². The van der Waals surface area contributed by atoms with Gasteiger partial charge in [0, 0.05) is 25.0 Å². The Morgan fingerprint density at radius 1 is 1.27 bits per heavy atom. The molecule has 1 fully saturated rings. The molecule has 4 rings (SSSR count). The van der Waals surface area contributed by atoms with Crippen molar-refractivity contribution in [2.24, 2.45) is 5.92 Å².